The van der Waals surface area contributed by atoms with E-state index in [-0.39, 0.29) is 0 Å². The van der Waals surface area contributed by atoms with E-state index < -0.39 is 0 Å². The first-order valence-corrected chi connectivity index (χ1v) is 7.66. The molecule has 1 aliphatic rings. The van der Waals surface area contributed by atoms with Gasteiger partial charge in [0, 0.05) is 16.8 Å². The molecular formula is C17H21N3O. The van der Waals surface area contributed by atoms with E-state index in [4.69, 9.17) is 15.5 Å². The van der Waals surface area contributed by atoms with E-state index in [2.05, 4.69) is 11.9 Å². The van der Waals surface area contributed by atoms with Crippen LogP contribution < -0.4 is 10.5 Å². The van der Waals surface area contributed by atoms with Gasteiger partial charge in [-0.05, 0) is 44.2 Å². The smallest absolute Gasteiger partial charge is 0.161 e. The summed E-state index contributed by atoms with van der Waals surface area (Å²) in [5.74, 6) is 2.19. The Bertz CT molecular complexity index is 640. The van der Waals surface area contributed by atoms with Crippen LogP contribution in [-0.4, -0.2) is 16.6 Å². The molecule has 1 heterocycles. The van der Waals surface area contributed by atoms with Gasteiger partial charge in [-0.15, -0.1) is 0 Å². The topological polar surface area (TPSA) is 61.0 Å². The van der Waals surface area contributed by atoms with Gasteiger partial charge in [0.1, 0.15) is 11.6 Å². The summed E-state index contributed by atoms with van der Waals surface area (Å²) in [5.41, 5.74) is 9.33. The molecule has 1 aromatic carbocycles. The van der Waals surface area contributed by atoms with Gasteiger partial charge in [-0.3, -0.25) is 0 Å². The highest BCUT2D eigenvalue weighted by Crippen LogP contribution is 2.28. The van der Waals surface area contributed by atoms with Crippen molar-refractivity contribution in [1.82, 2.24) is 9.97 Å². The molecule has 0 unspecified atom stereocenters. The van der Waals surface area contributed by atoms with Crippen LogP contribution in [0.4, 0.5) is 5.82 Å². The molecule has 0 bridgehead atoms. The maximum atomic E-state index is 6.12. The highest BCUT2D eigenvalue weighted by atomic mass is 16.5. The lowest BCUT2D eigenvalue weighted by Gasteiger charge is -2.17. The largest absolute Gasteiger partial charge is 0.494 e. The molecule has 2 N–H and O–H groups in total. The SMILES string of the molecule is CCCOc1cccc(-c2nc(N)c3c(n2)CCCC3)c1. The maximum Gasteiger partial charge on any atom is 0.161 e. The summed E-state index contributed by atoms with van der Waals surface area (Å²) in [6.45, 7) is 2.81. The molecule has 0 spiro atoms. The van der Waals surface area contributed by atoms with Crippen LogP contribution in [0.2, 0.25) is 0 Å². The first-order chi connectivity index (χ1) is 10.3. The number of hydrogen-bond acceptors (Lipinski definition) is 4. The second-order valence-electron chi connectivity index (χ2n) is 5.44. The summed E-state index contributed by atoms with van der Waals surface area (Å²) < 4.78 is 5.67. The Hall–Kier alpha value is -2.10. The van der Waals surface area contributed by atoms with E-state index in [1.165, 1.54) is 12.8 Å². The molecule has 0 atom stereocenters. The predicted molar refractivity (Wildman–Crippen MR) is 84.3 cm³/mol. The first-order valence-electron chi connectivity index (χ1n) is 7.66. The molecule has 0 saturated heterocycles. The molecule has 0 aliphatic heterocycles. The fourth-order valence-corrected chi connectivity index (χ4v) is 2.70. The summed E-state index contributed by atoms with van der Waals surface area (Å²) in [7, 11) is 0. The third-order valence-electron chi connectivity index (χ3n) is 3.78. The van der Waals surface area contributed by atoms with Crippen molar-refractivity contribution in [2.45, 2.75) is 39.0 Å². The number of anilines is 1. The number of nitrogens with two attached hydrogens (primary N) is 1. The van der Waals surface area contributed by atoms with Crippen LogP contribution in [0.1, 0.15) is 37.4 Å². The number of fused-ring (bicyclic) bond motifs is 1. The monoisotopic (exact) mass is 283 g/mol. The van der Waals surface area contributed by atoms with Gasteiger partial charge in [0.05, 0.1) is 6.61 Å². The maximum absolute atomic E-state index is 6.12. The Kier molecular flexibility index (Phi) is 4.04. The first kappa shape index (κ1) is 13.9. The van der Waals surface area contributed by atoms with Gasteiger partial charge in [0.25, 0.3) is 0 Å². The van der Waals surface area contributed by atoms with E-state index in [9.17, 15) is 0 Å². The number of aromatic nitrogens is 2. The number of aryl methyl sites for hydroxylation is 1. The number of nitrogen functional groups attached to an aromatic ring is 1. The lowest BCUT2D eigenvalue weighted by atomic mass is 9.96. The third-order valence-corrected chi connectivity index (χ3v) is 3.78. The lowest BCUT2D eigenvalue weighted by Crippen LogP contribution is -2.11. The fraction of sp³-hybridized carbons (Fsp3) is 0.412. The minimum absolute atomic E-state index is 0.634. The summed E-state index contributed by atoms with van der Waals surface area (Å²) in [6.07, 6.45) is 5.36. The summed E-state index contributed by atoms with van der Waals surface area (Å²) in [4.78, 5) is 9.21. The standard InChI is InChI=1S/C17H21N3O/c1-2-10-21-13-7-5-6-12(11-13)17-19-15-9-4-3-8-14(15)16(18)20-17/h5-7,11H,2-4,8-10H2,1H3,(H2,18,19,20). The van der Waals surface area contributed by atoms with Crippen molar-refractivity contribution in [3.63, 3.8) is 0 Å². The molecule has 4 nitrogen and oxygen atoms in total. The molecule has 1 aliphatic carbocycles. The summed E-state index contributed by atoms with van der Waals surface area (Å²) in [6, 6.07) is 7.92. The summed E-state index contributed by atoms with van der Waals surface area (Å²) in [5, 5.41) is 0. The highest BCUT2D eigenvalue weighted by Gasteiger charge is 2.16. The molecule has 21 heavy (non-hydrogen) atoms. The zero-order chi connectivity index (χ0) is 14.7. The Labute approximate surface area is 125 Å². The van der Waals surface area contributed by atoms with Crippen molar-refractivity contribution in [1.29, 1.82) is 0 Å². The predicted octanol–water partition coefficient (Wildman–Crippen LogP) is 3.39. The Morgan fingerprint density at radius 2 is 2.05 bits per heavy atom. The van der Waals surface area contributed by atoms with E-state index >= 15 is 0 Å². The van der Waals surface area contributed by atoms with Crippen LogP contribution in [0.25, 0.3) is 11.4 Å². The van der Waals surface area contributed by atoms with Crippen LogP contribution in [0, 0.1) is 0 Å². The second kappa shape index (κ2) is 6.12. The van der Waals surface area contributed by atoms with Crippen LogP contribution >= 0.6 is 0 Å². The van der Waals surface area contributed by atoms with Crippen LogP contribution in [0.15, 0.2) is 24.3 Å². The van der Waals surface area contributed by atoms with E-state index in [1.807, 2.05) is 24.3 Å². The molecule has 0 fully saturated rings. The van der Waals surface area contributed by atoms with Crippen LogP contribution in [0.5, 0.6) is 5.75 Å². The van der Waals surface area contributed by atoms with E-state index in [0.717, 1.165) is 48.4 Å². The van der Waals surface area contributed by atoms with E-state index in [0.29, 0.717) is 11.6 Å². The minimum Gasteiger partial charge on any atom is -0.494 e. The Morgan fingerprint density at radius 1 is 1.19 bits per heavy atom. The van der Waals surface area contributed by atoms with Gasteiger partial charge in [-0.1, -0.05) is 19.1 Å². The van der Waals surface area contributed by atoms with Crippen LogP contribution in [0.3, 0.4) is 0 Å². The molecule has 0 radical (unpaired) electrons. The lowest BCUT2D eigenvalue weighted by molar-refractivity contribution is 0.317. The van der Waals surface area contributed by atoms with Crippen molar-refractivity contribution < 1.29 is 4.74 Å². The van der Waals surface area contributed by atoms with E-state index in [1.54, 1.807) is 0 Å². The van der Waals surface area contributed by atoms with Gasteiger partial charge in [-0.25, -0.2) is 9.97 Å². The van der Waals surface area contributed by atoms with Crippen molar-refractivity contribution >= 4 is 5.82 Å². The third kappa shape index (κ3) is 2.99. The molecule has 0 amide bonds. The van der Waals surface area contributed by atoms with Gasteiger partial charge >= 0.3 is 0 Å². The number of hydrogen-bond donors (Lipinski definition) is 1. The van der Waals surface area contributed by atoms with Gasteiger partial charge in [0.15, 0.2) is 5.82 Å². The normalized spacial score (nSPS) is 13.8. The average Bonchev–Trinajstić information content (AvgIpc) is 2.53. The molecule has 1 aromatic heterocycles. The number of nitrogens with zero attached hydrogens (tertiary/aromatic N) is 2. The van der Waals surface area contributed by atoms with Gasteiger partial charge in [0.2, 0.25) is 0 Å². The zero-order valence-electron chi connectivity index (χ0n) is 12.4. The number of rotatable bonds is 4. The quantitative estimate of drug-likeness (QED) is 0.934. The molecule has 4 heteroatoms. The number of ether oxygens (including phenoxy) is 1. The molecule has 110 valence electrons. The van der Waals surface area contributed by atoms with Crippen molar-refractivity contribution in [3.8, 4) is 17.1 Å². The Morgan fingerprint density at radius 3 is 2.90 bits per heavy atom. The molecule has 2 aromatic rings. The zero-order valence-corrected chi connectivity index (χ0v) is 12.4. The number of benzene rings is 1. The van der Waals surface area contributed by atoms with Crippen molar-refractivity contribution in [2.75, 3.05) is 12.3 Å². The van der Waals surface area contributed by atoms with Gasteiger partial charge < -0.3 is 10.5 Å². The van der Waals surface area contributed by atoms with Crippen molar-refractivity contribution in [2.24, 2.45) is 0 Å². The summed E-state index contributed by atoms with van der Waals surface area (Å²) >= 11 is 0. The molecular weight excluding hydrogens is 262 g/mol. The Balaban J connectivity index is 1.95. The molecule has 0 saturated carbocycles. The average molecular weight is 283 g/mol. The van der Waals surface area contributed by atoms with Crippen molar-refractivity contribution in [3.05, 3.63) is 35.5 Å². The minimum atomic E-state index is 0.634. The molecule has 3 rings (SSSR count). The second-order valence-corrected chi connectivity index (χ2v) is 5.44. The van der Waals surface area contributed by atoms with Crippen LogP contribution in [-0.2, 0) is 12.8 Å². The van der Waals surface area contributed by atoms with Gasteiger partial charge in [-0.2, -0.15) is 0 Å². The fourth-order valence-electron chi connectivity index (χ4n) is 2.70. The highest BCUT2D eigenvalue weighted by molar-refractivity contribution is 5.61.